The molecule has 1 amide bonds. The van der Waals surface area contributed by atoms with Gasteiger partial charge < -0.3 is 10.6 Å². The van der Waals surface area contributed by atoms with Crippen LogP contribution in [0.25, 0.3) is 0 Å². The van der Waals surface area contributed by atoms with Crippen molar-refractivity contribution >= 4 is 28.9 Å². The van der Waals surface area contributed by atoms with Gasteiger partial charge in [-0.2, -0.15) is 0 Å². The van der Waals surface area contributed by atoms with E-state index in [1.165, 1.54) is 31.4 Å². The third-order valence-electron chi connectivity index (χ3n) is 4.06. The molecule has 1 aliphatic carbocycles. The summed E-state index contributed by atoms with van der Waals surface area (Å²) in [5.41, 5.74) is 0.160. The Morgan fingerprint density at radius 1 is 1.41 bits per heavy atom. The number of hydrogen-bond acceptors (Lipinski definition) is 4. The molecular formula is C15H20ClN3O3. The Kier molecular flexibility index (Phi) is 5.74. The summed E-state index contributed by atoms with van der Waals surface area (Å²) >= 11 is 5.74. The predicted octanol–water partition coefficient (Wildman–Crippen LogP) is 3.36. The second-order valence-electron chi connectivity index (χ2n) is 5.72. The van der Waals surface area contributed by atoms with Crippen molar-refractivity contribution in [1.82, 2.24) is 5.32 Å². The standard InChI is InChI=1S/C15H20ClN3O3/c1-10-4-2-3-5-13(10)17-9-15(20)18-11-6-7-12(16)14(8-11)19(21)22/h6-8,10,13,17H,2-5,9H2,1H3,(H,18,20). The van der Waals surface area contributed by atoms with Crippen LogP contribution >= 0.6 is 11.6 Å². The number of halogens is 1. The first-order valence-corrected chi connectivity index (χ1v) is 7.82. The van der Waals surface area contributed by atoms with E-state index in [2.05, 4.69) is 17.6 Å². The summed E-state index contributed by atoms with van der Waals surface area (Å²) in [7, 11) is 0. The number of anilines is 1. The zero-order valence-electron chi connectivity index (χ0n) is 12.5. The lowest BCUT2D eigenvalue weighted by Crippen LogP contribution is -2.41. The molecule has 0 aliphatic heterocycles. The molecular weight excluding hydrogens is 306 g/mol. The molecule has 1 saturated carbocycles. The van der Waals surface area contributed by atoms with Gasteiger partial charge in [-0.25, -0.2) is 0 Å². The number of benzene rings is 1. The first kappa shape index (κ1) is 16.7. The smallest absolute Gasteiger partial charge is 0.289 e. The average molecular weight is 326 g/mol. The van der Waals surface area contributed by atoms with Gasteiger partial charge in [0.05, 0.1) is 11.5 Å². The molecule has 7 heteroatoms. The summed E-state index contributed by atoms with van der Waals surface area (Å²) in [6, 6.07) is 4.59. The van der Waals surface area contributed by atoms with E-state index in [4.69, 9.17) is 11.6 Å². The molecule has 120 valence electrons. The fourth-order valence-electron chi connectivity index (χ4n) is 2.78. The van der Waals surface area contributed by atoms with E-state index in [1.54, 1.807) is 6.07 Å². The molecule has 0 spiro atoms. The van der Waals surface area contributed by atoms with Gasteiger partial charge in [0.15, 0.2) is 0 Å². The maximum absolute atomic E-state index is 12.0. The fraction of sp³-hybridized carbons (Fsp3) is 0.533. The highest BCUT2D eigenvalue weighted by Gasteiger charge is 2.21. The molecule has 1 fully saturated rings. The highest BCUT2D eigenvalue weighted by Crippen LogP contribution is 2.27. The van der Waals surface area contributed by atoms with Crippen molar-refractivity contribution in [3.8, 4) is 0 Å². The van der Waals surface area contributed by atoms with E-state index in [1.807, 2.05) is 0 Å². The summed E-state index contributed by atoms with van der Waals surface area (Å²) in [5, 5.41) is 16.8. The van der Waals surface area contributed by atoms with Gasteiger partial charge >= 0.3 is 0 Å². The van der Waals surface area contributed by atoms with Crippen LogP contribution in [-0.4, -0.2) is 23.4 Å². The molecule has 1 aromatic carbocycles. The summed E-state index contributed by atoms with van der Waals surface area (Å²) in [4.78, 5) is 22.2. The molecule has 1 aromatic rings. The Morgan fingerprint density at radius 3 is 2.82 bits per heavy atom. The number of nitrogens with zero attached hydrogens (tertiary/aromatic N) is 1. The molecule has 2 rings (SSSR count). The number of amides is 1. The number of carbonyl (C=O) groups excluding carboxylic acids is 1. The Bertz CT molecular complexity index is 565. The lowest BCUT2D eigenvalue weighted by atomic mass is 9.86. The van der Waals surface area contributed by atoms with Crippen LogP contribution in [-0.2, 0) is 4.79 Å². The van der Waals surface area contributed by atoms with Crippen molar-refractivity contribution in [2.24, 2.45) is 5.92 Å². The van der Waals surface area contributed by atoms with Gasteiger partial charge in [0.25, 0.3) is 5.69 Å². The van der Waals surface area contributed by atoms with E-state index >= 15 is 0 Å². The van der Waals surface area contributed by atoms with Gasteiger partial charge in [-0.3, -0.25) is 14.9 Å². The summed E-state index contributed by atoms with van der Waals surface area (Å²) in [5.74, 6) is 0.354. The van der Waals surface area contributed by atoms with E-state index in [0.29, 0.717) is 17.6 Å². The van der Waals surface area contributed by atoms with Crippen molar-refractivity contribution < 1.29 is 9.72 Å². The Morgan fingerprint density at radius 2 is 2.14 bits per heavy atom. The Balaban J connectivity index is 1.89. The third-order valence-corrected chi connectivity index (χ3v) is 4.38. The van der Waals surface area contributed by atoms with Gasteiger partial charge in [0.2, 0.25) is 5.91 Å². The molecule has 0 saturated heterocycles. The minimum atomic E-state index is -0.569. The van der Waals surface area contributed by atoms with E-state index in [0.717, 1.165) is 6.42 Å². The van der Waals surface area contributed by atoms with Gasteiger partial charge in [0, 0.05) is 17.8 Å². The number of rotatable bonds is 5. The van der Waals surface area contributed by atoms with Gasteiger partial charge in [-0.15, -0.1) is 0 Å². The van der Waals surface area contributed by atoms with Crippen molar-refractivity contribution in [2.45, 2.75) is 38.6 Å². The minimum absolute atomic E-state index is 0.0529. The molecule has 2 unspecified atom stereocenters. The number of carbonyl (C=O) groups is 1. The first-order valence-electron chi connectivity index (χ1n) is 7.44. The lowest BCUT2D eigenvalue weighted by molar-refractivity contribution is -0.384. The molecule has 22 heavy (non-hydrogen) atoms. The van der Waals surface area contributed by atoms with E-state index < -0.39 is 4.92 Å². The molecule has 0 heterocycles. The van der Waals surface area contributed by atoms with E-state index in [9.17, 15) is 14.9 Å². The number of hydrogen-bond donors (Lipinski definition) is 2. The van der Waals surface area contributed by atoms with E-state index in [-0.39, 0.29) is 23.2 Å². The number of nitro groups is 1. The molecule has 0 radical (unpaired) electrons. The molecule has 0 aromatic heterocycles. The molecule has 0 bridgehead atoms. The first-order chi connectivity index (χ1) is 10.5. The minimum Gasteiger partial charge on any atom is -0.325 e. The zero-order chi connectivity index (χ0) is 16.1. The van der Waals surface area contributed by atoms with Crippen molar-refractivity contribution in [3.63, 3.8) is 0 Å². The second-order valence-corrected chi connectivity index (χ2v) is 6.13. The summed E-state index contributed by atoms with van der Waals surface area (Å²) in [6.45, 7) is 2.39. The molecule has 2 N–H and O–H groups in total. The monoisotopic (exact) mass is 325 g/mol. The van der Waals surface area contributed by atoms with Crippen LogP contribution in [0.5, 0.6) is 0 Å². The van der Waals surface area contributed by atoms with Gasteiger partial charge in [0.1, 0.15) is 5.02 Å². The highest BCUT2D eigenvalue weighted by atomic mass is 35.5. The fourth-order valence-corrected chi connectivity index (χ4v) is 2.97. The third kappa shape index (κ3) is 4.42. The second kappa shape index (κ2) is 7.56. The topological polar surface area (TPSA) is 84.3 Å². The van der Waals surface area contributed by atoms with Crippen molar-refractivity contribution in [2.75, 3.05) is 11.9 Å². The molecule has 1 aliphatic rings. The van der Waals surface area contributed by atoms with Crippen LogP contribution in [0.3, 0.4) is 0 Å². The zero-order valence-corrected chi connectivity index (χ0v) is 13.2. The van der Waals surface area contributed by atoms with Crippen LogP contribution in [0.1, 0.15) is 32.6 Å². The predicted molar refractivity (Wildman–Crippen MR) is 86.2 cm³/mol. The summed E-state index contributed by atoms with van der Waals surface area (Å²) in [6.07, 6.45) is 4.70. The molecule has 2 atom stereocenters. The quantitative estimate of drug-likeness (QED) is 0.642. The normalized spacial score (nSPS) is 21.4. The van der Waals surface area contributed by atoms with Gasteiger partial charge in [-0.1, -0.05) is 31.4 Å². The van der Waals surface area contributed by atoms with Gasteiger partial charge in [-0.05, 0) is 30.9 Å². The Labute approximate surface area is 134 Å². The van der Waals surface area contributed by atoms with Crippen LogP contribution in [0, 0.1) is 16.0 Å². The average Bonchev–Trinajstić information content (AvgIpc) is 2.48. The summed E-state index contributed by atoms with van der Waals surface area (Å²) < 4.78 is 0. The maximum atomic E-state index is 12.0. The number of nitrogens with one attached hydrogen (secondary N) is 2. The largest absolute Gasteiger partial charge is 0.325 e. The van der Waals surface area contributed by atoms with Crippen LogP contribution in [0.15, 0.2) is 18.2 Å². The van der Waals surface area contributed by atoms with Crippen LogP contribution in [0.2, 0.25) is 5.02 Å². The van der Waals surface area contributed by atoms with Crippen LogP contribution in [0.4, 0.5) is 11.4 Å². The Hall–Kier alpha value is -1.66. The number of nitro benzene ring substituents is 1. The SMILES string of the molecule is CC1CCCCC1NCC(=O)Nc1ccc(Cl)c([N+](=O)[O-])c1. The van der Waals surface area contributed by atoms with Crippen molar-refractivity contribution in [3.05, 3.63) is 33.3 Å². The highest BCUT2D eigenvalue weighted by molar-refractivity contribution is 6.32. The molecule has 6 nitrogen and oxygen atoms in total. The maximum Gasteiger partial charge on any atom is 0.289 e. The van der Waals surface area contributed by atoms with Crippen molar-refractivity contribution in [1.29, 1.82) is 0 Å². The van der Waals surface area contributed by atoms with Crippen LogP contribution < -0.4 is 10.6 Å². The lowest BCUT2D eigenvalue weighted by Gasteiger charge is -2.29.